The number of anilines is 2. The minimum absolute atomic E-state index is 0.0530. The van der Waals surface area contributed by atoms with Crippen LogP contribution < -0.4 is 21.1 Å². The number of piperidine rings is 1. The van der Waals surface area contributed by atoms with Gasteiger partial charge < -0.3 is 15.5 Å². The predicted octanol–water partition coefficient (Wildman–Crippen LogP) is 3.10. The summed E-state index contributed by atoms with van der Waals surface area (Å²) in [6.45, 7) is 9.09. The maximum absolute atomic E-state index is 13.1. The van der Waals surface area contributed by atoms with Crippen molar-refractivity contribution >= 4 is 44.3 Å². The van der Waals surface area contributed by atoms with Gasteiger partial charge in [-0.3, -0.25) is 19.0 Å². The van der Waals surface area contributed by atoms with Gasteiger partial charge in [-0.05, 0) is 51.2 Å². The van der Waals surface area contributed by atoms with E-state index in [1.54, 1.807) is 0 Å². The Hall–Kier alpha value is -3.27. The van der Waals surface area contributed by atoms with Gasteiger partial charge in [-0.1, -0.05) is 36.5 Å². The number of hydrogen-bond acceptors (Lipinski definition) is 7. The van der Waals surface area contributed by atoms with E-state index < -0.39 is 0 Å². The monoisotopic (exact) mass is 496 g/mol. The number of aryl methyl sites for hydroxylation is 2. The Bertz CT molecular complexity index is 1300. The van der Waals surface area contributed by atoms with Crippen LogP contribution in [0.15, 0.2) is 29.3 Å². The largest absolute Gasteiger partial charge is 0.354 e. The molecule has 9 nitrogen and oxygen atoms in total. The lowest BCUT2D eigenvalue weighted by Crippen LogP contribution is -2.44. The number of benzene rings is 1. The van der Waals surface area contributed by atoms with Crippen LogP contribution >= 0.6 is 11.3 Å². The summed E-state index contributed by atoms with van der Waals surface area (Å²) in [5.41, 5.74) is 2.90. The van der Waals surface area contributed by atoms with E-state index in [0.717, 1.165) is 42.6 Å². The second-order valence-corrected chi connectivity index (χ2v) is 10.3. The standard InChI is InChI=1S/C25H32N6O3S/c1-5-17-9-6-8-16(4)20(17)28-19(32)13-31-14-26-22-21(24(31)34)35-25(29-22)30-11-7-10-18(12-30)23(33)27-15(2)3/h6,8-9,14-15,18H,5,7,10-13H2,1-4H3,(H,27,33)(H,28,32). The molecule has 0 bridgehead atoms. The van der Waals surface area contributed by atoms with E-state index in [1.165, 1.54) is 22.2 Å². The smallest absolute Gasteiger partial charge is 0.273 e. The molecular formula is C25H32N6O3S. The first-order chi connectivity index (χ1) is 16.8. The fraction of sp³-hybridized carbons (Fsp3) is 0.480. The van der Waals surface area contributed by atoms with Crippen molar-refractivity contribution in [3.05, 3.63) is 46.0 Å². The van der Waals surface area contributed by atoms with E-state index in [0.29, 0.717) is 22.0 Å². The molecular weight excluding hydrogens is 464 g/mol. The molecule has 0 saturated carbocycles. The third-order valence-corrected chi connectivity index (χ3v) is 7.28. The molecule has 0 radical (unpaired) electrons. The minimum atomic E-state index is -0.291. The van der Waals surface area contributed by atoms with Crippen molar-refractivity contribution < 1.29 is 9.59 Å². The van der Waals surface area contributed by atoms with Gasteiger partial charge in [-0.2, -0.15) is 4.98 Å². The number of para-hydroxylation sites is 1. The van der Waals surface area contributed by atoms with Gasteiger partial charge >= 0.3 is 0 Å². The highest BCUT2D eigenvalue weighted by atomic mass is 32.1. The quantitative estimate of drug-likeness (QED) is 0.520. The summed E-state index contributed by atoms with van der Waals surface area (Å²) in [4.78, 5) is 49.3. The number of nitrogens with zero attached hydrogens (tertiary/aromatic N) is 4. The van der Waals surface area contributed by atoms with Crippen molar-refractivity contribution in [3.63, 3.8) is 0 Å². The molecule has 1 atom stereocenters. The molecule has 1 unspecified atom stereocenters. The summed E-state index contributed by atoms with van der Waals surface area (Å²) >= 11 is 1.27. The Morgan fingerprint density at radius 1 is 1.29 bits per heavy atom. The number of fused-ring (bicyclic) bond motifs is 1. The van der Waals surface area contributed by atoms with E-state index in [-0.39, 0.29) is 35.9 Å². The van der Waals surface area contributed by atoms with Crippen molar-refractivity contribution in [1.29, 1.82) is 0 Å². The SMILES string of the molecule is CCc1cccc(C)c1NC(=O)Cn1cnc2nc(N3CCCC(C(=O)NC(C)C)C3)sc2c1=O. The molecule has 1 saturated heterocycles. The lowest BCUT2D eigenvalue weighted by atomic mass is 9.97. The van der Waals surface area contributed by atoms with Gasteiger partial charge in [0.2, 0.25) is 11.8 Å². The summed E-state index contributed by atoms with van der Waals surface area (Å²) in [6, 6.07) is 6.00. The third-order valence-electron chi connectivity index (χ3n) is 6.18. The summed E-state index contributed by atoms with van der Waals surface area (Å²) in [5, 5.41) is 6.62. The average Bonchev–Trinajstić information content (AvgIpc) is 3.27. The highest BCUT2D eigenvalue weighted by molar-refractivity contribution is 7.22. The lowest BCUT2D eigenvalue weighted by molar-refractivity contribution is -0.125. The second kappa shape index (κ2) is 10.6. The van der Waals surface area contributed by atoms with Crippen molar-refractivity contribution in [2.45, 2.75) is 59.5 Å². The van der Waals surface area contributed by atoms with Gasteiger partial charge in [0, 0.05) is 24.8 Å². The Labute approximate surface area is 208 Å². The fourth-order valence-corrected chi connectivity index (χ4v) is 5.39. The number of rotatable bonds is 7. The number of amides is 2. The van der Waals surface area contributed by atoms with Gasteiger partial charge in [-0.25, -0.2) is 4.98 Å². The molecule has 0 spiro atoms. The van der Waals surface area contributed by atoms with Crippen LogP contribution in [0.5, 0.6) is 0 Å². The number of aromatic nitrogens is 3. The molecule has 1 aliphatic rings. The molecule has 1 aromatic carbocycles. The molecule has 2 aromatic heterocycles. The maximum atomic E-state index is 13.1. The van der Waals surface area contributed by atoms with E-state index in [4.69, 9.17) is 0 Å². The molecule has 10 heteroatoms. The molecule has 35 heavy (non-hydrogen) atoms. The Morgan fingerprint density at radius 3 is 2.83 bits per heavy atom. The summed E-state index contributed by atoms with van der Waals surface area (Å²) in [7, 11) is 0. The maximum Gasteiger partial charge on any atom is 0.273 e. The first-order valence-electron chi connectivity index (χ1n) is 12.1. The highest BCUT2D eigenvalue weighted by Gasteiger charge is 2.28. The number of carbonyl (C=O) groups is 2. The number of carbonyl (C=O) groups excluding carboxylic acids is 2. The zero-order valence-corrected chi connectivity index (χ0v) is 21.4. The fourth-order valence-electron chi connectivity index (χ4n) is 4.39. The van der Waals surface area contributed by atoms with Crippen molar-refractivity contribution in [2.24, 2.45) is 5.92 Å². The van der Waals surface area contributed by atoms with Crippen LogP contribution in [0.1, 0.15) is 44.7 Å². The van der Waals surface area contributed by atoms with Crippen LogP contribution in [0.3, 0.4) is 0 Å². The van der Waals surface area contributed by atoms with Crippen LogP contribution in [-0.2, 0) is 22.6 Å². The number of thiazole rings is 1. The van der Waals surface area contributed by atoms with Gasteiger partial charge in [0.25, 0.3) is 5.56 Å². The molecule has 2 N–H and O–H groups in total. The first-order valence-corrected chi connectivity index (χ1v) is 12.9. The zero-order chi connectivity index (χ0) is 25.1. The molecule has 1 aliphatic heterocycles. The van der Waals surface area contributed by atoms with Gasteiger partial charge in [-0.15, -0.1) is 0 Å². The van der Waals surface area contributed by atoms with Crippen molar-refractivity contribution in [2.75, 3.05) is 23.3 Å². The van der Waals surface area contributed by atoms with Crippen LogP contribution in [0, 0.1) is 12.8 Å². The average molecular weight is 497 g/mol. The molecule has 0 aliphatic carbocycles. The zero-order valence-electron chi connectivity index (χ0n) is 20.6. The predicted molar refractivity (Wildman–Crippen MR) is 139 cm³/mol. The minimum Gasteiger partial charge on any atom is -0.354 e. The summed E-state index contributed by atoms with van der Waals surface area (Å²) in [6.07, 6.45) is 3.88. The summed E-state index contributed by atoms with van der Waals surface area (Å²) in [5.74, 6) is -0.338. The molecule has 4 rings (SSSR count). The van der Waals surface area contributed by atoms with E-state index in [9.17, 15) is 14.4 Å². The number of hydrogen-bond donors (Lipinski definition) is 2. The van der Waals surface area contributed by atoms with Crippen molar-refractivity contribution in [1.82, 2.24) is 19.9 Å². The van der Waals surface area contributed by atoms with E-state index >= 15 is 0 Å². The van der Waals surface area contributed by atoms with Crippen LogP contribution in [-0.4, -0.2) is 45.5 Å². The second-order valence-electron chi connectivity index (χ2n) is 9.29. The van der Waals surface area contributed by atoms with E-state index in [1.807, 2.05) is 45.9 Å². The number of nitrogens with one attached hydrogen (secondary N) is 2. The summed E-state index contributed by atoms with van der Waals surface area (Å²) < 4.78 is 1.73. The Balaban J connectivity index is 1.51. The first kappa shape index (κ1) is 24.8. The molecule has 3 aromatic rings. The Morgan fingerprint density at radius 2 is 2.09 bits per heavy atom. The van der Waals surface area contributed by atoms with Crippen molar-refractivity contribution in [3.8, 4) is 0 Å². The molecule has 3 heterocycles. The third kappa shape index (κ3) is 5.53. The van der Waals surface area contributed by atoms with Gasteiger partial charge in [0.05, 0.1) is 5.92 Å². The molecule has 1 fully saturated rings. The normalized spacial score (nSPS) is 16.0. The molecule has 2 amide bonds. The van der Waals surface area contributed by atoms with Crippen LogP contribution in [0.4, 0.5) is 10.8 Å². The van der Waals surface area contributed by atoms with Gasteiger partial charge in [0.15, 0.2) is 10.8 Å². The topological polar surface area (TPSA) is 109 Å². The van der Waals surface area contributed by atoms with Crippen LogP contribution in [0.25, 0.3) is 10.3 Å². The van der Waals surface area contributed by atoms with E-state index in [2.05, 4.69) is 25.5 Å². The van der Waals surface area contributed by atoms with Crippen LogP contribution in [0.2, 0.25) is 0 Å². The van der Waals surface area contributed by atoms with Gasteiger partial charge in [0.1, 0.15) is 17.6 Å². The lowest BCUT2D eigenvalue weighted by Gasteiger charge is -2.32. The highest BCUT2D eigenvalue weighted by Crippen LogP contribution is 2.29. The Kier molecular flexibility index (Phi) is 7.49. The molecule has 186 valence electrons.